The Hall–Kier alpha value is -2.25. The number of carbonyl (C=O) groups excluding carboxylic acids is 2. The van der Waals surface area contributed by atoms with Gasteiger partial charge in [-0.1, -0.05) is 31.5 Å². The number of benzene rings is 1. The molecule has 1 amide bonds. The Kier molecular flexibility index (Phi) is 9.84. The average Bonchev–Trinajstić information content (AvgIpc) is 3.09. The van der Waals surface area contributed by atoms with Crippen LogP contribution < -0.4 is 5.32 Å². The molecule has 8 heteroatoms. The van der Waals surface area contributed by atoms with Gasteiger partial charge in [0.15, 0.2) is 0 Å². The van der Waals surface area contributed by atoms with Crippen molar-refractivity contribution in [1.82, 2.24) is 14.9 Å². The molecule has 1 atom stereocenters. The van der Waals surface area contributed by atoms with Crippen LogP contribution in [0, 0.1) is 6.92 Å². The molecule has 2 aromatic heterocycles. The second-order valence-corrected chi connectivity index (χ2v) is 8.56. The van der Waals surface area contributed by atoms with Gasteiger partial charge >= 0.3 is 5.97 Å². The molecule has 0 unspecified atom stereocenters. The van der Waals surface area contributed by atoms with Crippen LogP contribution in [0.2, 0.25) is 0 Å². The number of fused-ring (bicyclic) bond motifs is 3. The SMILES string of the molecule is CCCCn1c2ccccc2c2cc(C(=O)N[C@@H](CCSC)C(=O)OCC)nc(C)c21.Cl. The van der Waals surface area contributed by atoms with Gasteiger partial charge in [-0.15, -0.1) is 12.4 Å². The van der Waals surface area contributed by atoms with Gasteiger partial charge in [-0.3, -0.25) is 4.79 Å². The monoisotopic (exact) mass is 477 g/mol. The third kappa shape index (κ3) is 5.56. The smallest absolute Gasteiger partial charge is 0.328 e. The van der Waals surface area contributed by atoms with Crippen molar-refractivity contribution in [3.05, 3.63) is 41.7 Å². The lowest BCUT2D eigenvalue weighted by molar-refractivity contribution is -0.145. The van der Waals surface area contributed by atoms with E-state index >= 15 is 0 Å². The lowest BCUT2D eigenvalue weighted by Gasteiger charge is -2.17. The highest BCUT2D eigenvalue weighted by Gasteiger charge is 2.24. The number of aromatic nitrogens is 2. The Balaban J connectivity index is 0.00000363. The summed E-state index contributed by atoms with van der Waals surface area (Å²) in [5, 5.41) is 4.96. The van der Waals surface area contributed by atoms with Crippen molar-refractivity contribution in [2.24, 2.45) is 0 Å². The van der Waals surface area contributed by atoms with Crippen LogP contribution in [0.5, 0.6) is 0 Å². The normalized spacial score (nSPS) is 11.9. The lowest BCUT2D eigenvalue weighted by Crippen LogP contribution is -2.42. The summed E-state index contributed by atoms with van der Waals surface area (Å²) in [7, 11) is 0. The van der Waals surface area contributed by atoms with E-state index in [2.05, 4.69) is 33.9 Å². The molecule has 0 saturated heterocycles. The number of hydrogen-bond donors (Lipinski definition) is 1. The quantitative estimate of drug-likeness (QED) is 0.409. The largest absolute Gasteiger partial charge is 0.464 e. The zero-order valence-corrected chi connectivity index (χ0v) is 20.8. The summed E-state index contributed by atoms with van der Waals surface area (Å²) in [6, 6.07) is 9.42. The van der Waals surface area contributed by atoms with Gasteiger partial charge < -0.3 is 14.6 Å². The molecule has 0 saturated carbocycles. The molecule has 32 heavy (non-hydrogen) atoms. The van der Waals surface area contributed by atoms with Crippen LogP contribution in [0.3, 0.4) is 0 Å². The van der Waals surface area contributed by atoms with Gasteiger partial charge in [-0.2, -0.15) is 11.8 Å². The van der Waals surface area contributed by atoms with Crippen molar-refractivity contribution < 1.29 is 14.3 Å². The molecule has 0 bridgehead atoms. The number of rotatable bonds is 10. The maximum absolute atomic E-state index is 13.0. The molecule has 3 aromatic rings. The third-order valence-corrected chi connectivity index (χ3v) is 6.02. The number of halogens is 1. The number of nitrogens with zero attached hydrogens (tertiary/aromatic N) is 2. The minimum absolute atomic E-state index is 0. The summed E-state index contributed by atoms with van der Waals surface area (Å²) in [5.74, 6) is -0.00593. The van der Waals surface area contributed by atoms with E-state index in [4.69, 9.17) is 4.74 Å². The molecule has 6 nitrogen and oxygen atoms in total. The van der Waals surface area contributed by atoms with Gasteiger partial charge in [0.2, 0.25) is 0 Å². The van der Waals surface area contributed by atoms with Gasteiger partial charge in [0.05, 0.1) is 17.8 Å². The molecule has 0 aliphatic rings. The van der Waals surface area contributed by atoms with E-state index in [1.54, 1.807) is 18.7 Å². The van der Waals surface area contributed by atoms with Crippen molar-refractivity contribution >= 4 is 57.9 Å². The number of esters is 1. The highest BCUT2D eigenvalue weighted by molar-refractivity contribution is 7.98. The molecule has 0 aliphatic heterocycles. The van der Waals surface area contributed by atoms with Crippen molar-refractivity contribution in [1.29, 1.82) is 0 Å². The predicted octanol–water partition coefficient (Wildman–Crippen LogP) is 5.13. The van der Waals surface area contributed by atoms with Crippen molar-refractivity contribution in [2.75, 3.05) is 18.6 Å². The molecule has 3 rings (SSSR count). The van der Waals surface area contributed by atoms with Gasteiger partial charge in [0.25, 0.3) is 5.91 Å². The zero-order valence-electron chi connectivity index (χ0n) is 19.1. The van der Waals surface area contributed by atoms with Crippen LogP contribution in [0.4, 0.5) is 0 Å². The average molecular weight is 478 g/mol. The predicted molar refractivity (Wildman–Crippen MR) is 135 cm³/mol. The first-order valence-electron chi connectivity index (χ1n) is 10.9. The number of unbranched alkanes of at least 4 members (excludes halogenated alkanes) is 1. The van der Waals surface area contributed by atoms with Crippen LogP contribution in [0.15, 0.2) is 30.3 Å². The summed E-state index contributed by atoms with van der Waals surface area (Å²) >= 11 is 1.63. The van der Waals surface area contributed by atoms with E-state index < -0.39 is 12.0 Å². The molecule has 0 spiro atoms. The number of para-hydroxylation sites is 1. The summed E-state index contributed by atoms with van der Waals surface area (Å²) < 4.78 is 7.45. The molecule has 0 fully saturated rings. The molecule has 1 aromatic carbocycles. The van der Waals surface area contributed by atoms with Gasteiger partial charge in [-0.25, -0.2) is 9.78 Å². The van der Waals surface area contributed by atoms with Crippen LogP contribution >= 0.6 is 24.2 Å². The first kappa shape index (κ1) is 26.0. The van der Waals surface area contributed by atoms with E-state index in [-0.39, 0.29) is 24.9 Å². The summed E-state index contributed by atoms with van der Waals surface area (Å²) in [4.78, 5) is 30.0. The highest BCUT2D eigenvalue weighted by atomic mass is 35.5. The standard InChI is InChI=1S/C24H31N3O3S.ClH/c1-5-7-13-27-21-11-9-8-10-17(21)18-15-20(25-16(3)22(18)27)23(28)26-19(12-14-31-4)24(29)30-6-2;/h8-11,15,19H,5-7,12-14H2,1-4H3,(H,26,28);1H/t19-;/m0./s1. The Morgan fingerprint density at radius 3 is 2.66 bits per heavy atom. The van der Waals surface area contributed by atoms with Crippen LogP contribution in [0.1, 0.15) is 49.3 Å². The summed E-state index contributed by atoms with van der Waals surface area (Å²) in [6.07, 6.45) is 4.67. The van der Waals surface area contributed by atoms with Crippen molar-refractivity contribution in [3.63, 3.8) is 0 Å². The number of thioether (sulfide) groups is 1. The Bertz CT molecular complexity index is 1080. The van der Waals surface area contributed by atoms with Crippen molar-refractivity contribution in [3.8, 4) is 0 Å². The molecular formula is C24H32ClN3O3S. The molecular weight excluding hydrogens is 446 g/mol. The molecule has 1 N–H and O–H groups in total. The maximum atomic E-state index is 13.0. The van der Waals surface area contributed by atoms with E-state index in [9.17, 15) is 9.59 Å². The number of amides is 1. The topological polar surface area (TPSA) is 73.2 Å². The fraction of sp³-hybridized carbons (Fsp3) is 0.458. The first-order valence-corrected chi connectivity index (χ1v) is 12.3. The zero-order chi connectivity index (χ0) is 22.4. The Morgan fingerprint density at radius 1 is 1.22 bits per heavy atom. The Labute approximate surface area is 199 Å². The number of ether oxygens (including phenoxy) is 1. The second-order valence-electron chi connectivity index (χ2n) is 7.57. The van der Waals surface area contributed by atoms with Gasteiger partial charge in [0.1, 0.15) is 11.7 Å². The maximum Gasteiger partial charge on any atom is 0.328 e. The van der Waals surface area contributed by atoms with E-state index in [1.165, 1.54) is 0 Å². The first-order chi connectivity index (χ1) is 15.0. The minimum atomic E-state index is -0.677. The molecule has 0 aliphatic carbocycles. The van der Waals surface area contributed by atoms with E-state index in [1.807, 2.05) is 31.4 Å². The third-order valence-electron chi connectivity index (χ3n) is 5.38. The van der Waals surface area contributed by atoms with Crippen LogP contribution in [-0.4, -0.2) is 46.1 Å². The number of carbonyl (C=O) groups is 2. The highest BCUT2D eigenvalue weighted by Crippen LogP contribution is 2.31. The number of aryl methyl sites for hydroxylation is 2. The van der Waals surface area contributed by atoms with Crippen LogP contribution in [-0.2, 0) is 16.1 Å². The van der Waals surface area contributed by atoms with Gasteiger partial charge in [-0.05, 0) is 50.8 Å². The molecule has 174 valence electrons. The van der Waals surface area contributed by atoms with Crippen LogP contribution in [0.25, 0.3) is 21.8 Å². The fourth-order valence-electron chi connectivity index (χ4n) is 3.89. The molecule has 0 radical (unpaired) electrons. The van der Waals surface area contributed by atoms with E-state index in [0.29, 0.717) is 12.1 Å². The molecule has 2 heterocycles. The second kappa shape index (κ2) is 12.1. The van der Waals surface area contributed by atoms with Crippen molar-refractivity contribution in [2.45, 2.75) is 52.6 Å². The summed E-state index contributed by atoms with van der Waals surface area (Å²) in [6.45, 7) is 7.08. The number of nitrogens with one attached hydrogen (secondary N) is 1. The Morgan fingerprint density at radius 2 is 1.97 bits per heavy atom. The number of pyridine rings is 1. The number of hydrogen-bond acceptors (Lipinski definition) is 5. The van der Waals surface area contributed by atoms with E-state index in [0.717, 1.165) is 52.6 Å². The minimum Gasteiger partial charge on any atom is -0.464 e. The summed E-state index contributed by atoms with van der Waals surface area (Å²) in [5.41, 5.74) is 3.35. The van der Waals surface area contributed by atoms with Gasteiger partial charge in [0, 0.05) is 22.8 Å². The lowest BCUT2D eigenvalue weighted by atomic mass is 10.1. The fourth-order valence-corrected chi connectivity index (χ4v) is 4.37.